The largest absolute Gasteiger partial charge is 0.464 e. The van der Waals surface area contributed by atoms with Gasteiger partial charge in [0.1, 0.15) is 5.69 Å². The molecule has 0 aromatic carbocycles. The predicted octanol–water partition coefficient (Wildman–Crippen LogP) is 6.55. The van der Waals surface area contributed by atoms with Crippen molar-refractivity contribution < 1.29 is 9.53 Å². The first-order valence-corrected chi connectivity index (χ1v) is 9.73. The minimum Gasteiger partial charge on any atom is -0.464 e. The van der Waals surface area contributed by atoms with Gasteiger partial charge in [-0.2, -0.15) is 0 Å². The Kier molecular flexibility index (Phi) is 9.50. The summed E-state index contributed by atoms with van der Waals surface area (Å²) in [7, 11) is 1.37. The molecule has 0 bridgehead atoms. The van der Waals surface area contributed by atoms with Crippen molar-refractivity contribution in [2.75, 3.05) is 7.11 Å². The van der Waals surface area contributed by atoms with Gasteiger partial charge < -0.3 is 9.72 Å². The van der Waals surface area contributed by atoms with Crippen LogP contribution in [0.1, 0.15) is 94.7 Å². The maximum absolute atomic E-state index is 11.6. The van der Waals surface area contributed by atoms with Crippen LogP contribution in [0.25, 0.3) is 0 Å². The molecule has 0 saturated carbocycles. The summed E-state index contributed by atoms with van der Waals surface area (Å²) in [5.41, 5.74) is 1.56. The number of esters is 1. The van der Waals surface area contributed by atoms with E-state index in [-0.39, 0.29) is 5.41 Å². The zero-order valence-corrected chi connectivity index (χ0v) is 16.6. The molecule has 1 N–H and O–H groups in total. The van der Waals surface area contributed by atoms with Gasteiger partial charge in [-0.15, -0.1) is 0 Å². The van der Waals surface area contributed by atoms with Gasteiger partial charge in [0.15, 0.2) is 0 Å². The minimum atomic E-state index is -0.410. The fourth-order valence-electron chi connectivity index (χ4n) is 3.17. The Morgan fingerprint density at radius 3 is 2.29 bits per heavy atom. The lowest BCUT2D eigenvalue weighted by atomic mass is 9.82. The number of hydrogen-bond donors (Lipinski definition) is 1. The van der Waals surface area contributed by atoms with Crippen LogP contribution in [0, 0.1) is 5.41 Å². The van der Waals surface area contributed by atoms with Crippen LogP contribution in [-0.4, -0.2) is 18.1 Å². The molecule has 1 heterocycles. The van der Waals surface area contributed by atoms with Crippen LogP contribution in [-0.2, 0) is 11.2 Å². The third-order valence-electron chi connectivity index (χ3n) is 4.59. The van der Waals surface area contributed by atoms with Gasteiger partial charge in [-0.05, 0) is 24.3 Å². The monoisotopic (exact) mass is 355 g/mol. The highest BCUT2D eigenvalue weighted by Crippen LogP contribution is 2.30. The number of H-pyrrole nitrogens is 1. The molecule has 0 saturated heterocycles. The number of aromatic amines is 1. The van der Waals surface area contributed by atoms with Crippen LogP contribution in [0.15, 0.2) is 6.07 Å². The number of rotatable bonds is 12. The molecular formula is C20H34ClNO2. The molecule has 0 radical (unpaired) electrons. The number of carbonyl (C=O) groups excluding carboxylic acids is 1. The van der Waals surface area contributed by atoms with E-state index in [4.69, 9.17) is 16.3 Å². The van der Waals surface area contributed by atoms with Gasteiger partial charge >= 0.3 is 5.97 Å². The summed E-state index contributed by atoms with van der Waals surface area (Å²) in [6, 6.07) is 1.85. The molecule has 0 unspecified atom stereocenters. The number of halogens is 1. The third-order valence-corrected chi connectivity index (χ3v) is 4.89. The Bertz CT molecular complexity index is 494. The zero-order chi connectivity index (χ0) is 18.0. The molecule has 0 aliphatic rings. The Labute approximate surface area is 152 Å². The van der Waals surface area contributed by atoms with Crippen molar-refractivity contribution in [1.29, 1.82) is 0 Å². The molecule has 0 fully saturated rings. The summed E-state index contributed by atoms with van der Waals surface area (Å²) in [5, 5.41) is 0.444. The van der Waals surface area contributed by atoms with Crippen molar-refractivity contribution in [2.24, 2.45) is 5.41 Å². The molecule has 0 spiro atoms. The second kappa shape index (κ2) is 10.8. The van der Waals surface area contributed by atoms with Gasteiger partial charge in [0, 0.05) is 5.69 Å². The number of unbranched alkanes of at least 4 members (excludes halogenated alkanes) is 7. The topological polar surface area (TPSA) is 42.1 Å². The lowest BCUT2D eigenvalue weighted by Gasteiger charge is -2.24. The molecule has 0 amide bonds. The van der Waals surface area contributed by atoms with Crippen LogP contribution in [0.2, 0.25) is 5.02 Å². The number of ether oxygens (including phenoxy) is 1. The van der Waals surface area contributed by atoms with Crippen LogP contribution in [0.4, 0.5) is 0 Å². The number of nitrogens with one attached hydrogen (secondary N) is 1. The molecule has 138 valence electrons. The lowest BCUT2D eigenvalue weighted by molar-refractivity contribution is 0.0594. The van der Waals surface area contributed by atoms with E-state index in [0.29, 0.717) is 10.7 Å². The van der Waals surface area contributed by atoms with E-state index >= 15 is 0 Å². The maximum Gasteiger partial charge on any atom is 0.356 e. The summed E-state index contributed by atoms with van der Waals surface area (Å²) in [4.78, 5) is 14.7. The van der Waals surface area contributed by atoms with Crippen molar-refractivity contribution in [3.63, 3.8) is 0 Å². The van der Waals surface area contributed by atoms with Gasteiger partial charge in [0.25, 0.3) is 0 Å². The Balaban J connectivity index is 2.32. The Hall–Kier alpha value is -0.960. The number of carbonyl (C=O) groups is 1. The average molecular weight is 356 g/mol. The maximum atomic E-state index is 11.6. The van der Waals surface area contributed by atoms with E-state index < -0.39 is 5.97 Å². The zero-order valence-electron chi connectivity index (χ0n) is 15.8. The normalized spacial score (nSPS) is 11.7. The standard InChI is InChI=1S/C20H34ClNO2/c1-5-6-7-8-9-10-11-12-13-20(2,3)15-16-14-17(21)18(22-16)19(23)24-4/h14,22H,5-13,15H2,1-4H3. The Morgan fingerprint density at radius 2 is 1.71 bits per heavy atom. The first-order chi connectivity index (χ1) is 11.4. The molecule has 1 aromatic rings. The summed E-state index contributed by atoms with van der Waals surface area (Å²) in [6.45, 7) is 6.81. The lowest BCUT2D eigenvalue weighted by Crippen LogP contribution is -2.15. The molecular weight excluding hydrogens is 322 g/mol. The number of methoxy groups -OCH3 is 1. The van der Waals surface area contributed by atoms with E-state index in [2.05, 4.69) is 25.8 Å². The second-order valence-corrected chi connectivity index (χ2v) is 7.98. The smallest absolute Gasteiger partial charge is 0.356 e. The molecule has 4 heteroatoms. The summed E-state index contributed by atoms with van der Waals surface area (Å²) >= 11 is 6.11. The van der Waals surface area contributed by atoms with Gasteiger partial charge in [-0.25, -0.2) is 4.79 Å². The first kappa shape index (κ1) is 21.1. The van der Waals surface area contributed by atoms with Gasteiger partial charge in [-0.3, -0.25) is 0 Å². The second-order valence-electron chi connectivity index (χ2n) is 7.57. The van der Waals surface area contributed by atoms with E-state index in [1.165, 1.54) is 64.9 Å². The summed E-state index contributed by atoms with van der Waals surface area (Å²) < 4.78 is 4.73. The van der Waals surface area contributed by atoms with E-state index in [0.717, 1.165) is 12.1 Å². The van der Waals surface area contributed by atoms with Gasteiger partial charge in [0.05, 0.1) is 12.1 Å². The molecule has 0 atom stereocenters. The van der Waals surface area contributed by atoms with Gasteiger partial charge in [0.2, 0.25) is 0 Å². The Morgan fingerprint density at radius 1 is 1.12 bits per heavy atom. The van der Waals surface area contributed by atoms with Gasteiger partial charge in [-0.1, -0.05) is 83.7 Å². The summed E-state index contributed by atoms with van der Waals surface area (Å²) in [5.74, 6) is -0.410. The molecule has 24 heavy (non-hydrogen) atoms. The highest BCUT2D eigenvalue weighted by Gasteiger charge is 2.21. The van der Waals surface area contributed by atoms with Crippen molar-refractivity contribution in [1.82, 2.24) is 4.98 Å². The van der Waals surface area contributed by atoms with Crippen molar-refractivity contribution >= 4 is 17.6 Å². The SMILES string of the molecule is CCCCCCCCCCC(C)(C)Cc1cc(Cl)c(C(=O)OC)[nH]1. The predicted molar refractivity (Wildman–Crippen MR) is 102 cm³/mol. The number of aromatic nitrogens is 1. The average Bonchev–Trinajstić information content (AvgIpc) is 2.88. The first-order valence-electron chi connectivity index (χ1n) is 9.35. The molecule has 0 aliphatic heterocycles. The molecule has 0 aliphatic carbocycles. The molecule has 1 rings (SSSR count). The fraction of sp³-hybridized carbons (Fsp3) is 0.750. The minimum absolute atomic E-state index is 0.198. The van der Waals surface area contributed by atoms with E-state index in [1.807, 2.05) is 6.07 Å². The van der Waals surface area contributed by atoms with Crippen LogP contribution in [0.3, 0.4) is 0 Å². The van der Waals surface area contributed by atoms with E-state index in [9.17, 15) is 4.79 Å². The van der Waals surface area contributed by atoms with Crippen LogP contribution < -0.4 is 0 Å². The van der Waals surface area contributed by atoms with Crippen molar-refractivity contribution in [3.05, 3.63) is 22.5 Å². The quantitative estimate of drug-likeness (QED) is 0.341. The molecule has 1 aromatic heterocycles. The number of hydrogen-bond acceptors (Lipinski definition) is 2. The third kappa shape index (κ3) is 7.74. The van der Waals surface area contributed by atoms with E-state index in [1.54, 1.807) is 0 Å². The summed E-state index contributed by atoms with van der Waals surface area (Å²) in [6.07, 6.45) is 12.8. The van der Waals surface area contributed by atoms with Crippen molar-refractivity contribution in [2.45, 2.75) is 85.0 Å². The van der Waals surface area contributed by atoms with Crippen molar-refractivity contribution in [3.8, 4) is 0 Å². The highest BCUT2D eigenvalue weighted by atomic mass is 35.5. The fourth-order valence-corrected chi connectivity index (χ4v) is 3.42. The highest BCUT2D eigenvalue weighted by molar-refractivity contribution is 6.33. The van der Waals surface area contributed by atoms with Crippen LogP contribution >= 0.6 is 11.6 Å². The van der Waals surface area contributed by atoms with Crippen LogP contribution in [0.5, 0.6) is 0 Å². The molecule has 3 nitrogen and oxygen atoms in total.